The van der Waals surface area contributed by atoms with E-state index >= 15 is 0 Å². The van der Waals surface area contributed by atoms with Gasteiger partial charge in [0.25, 0.3) is 0 Å². The van der Waals surface area contributed by atoms with Crippen molar-refractivity contribution < 1.29 is 24.2 Å². The van der Waals surface area contributed by atoms with E-state index in [0.717, 1.165) is 11.1 Å². The highest BCUT2D eigenvalue weighted by Crippen LogP contribution is 2.44. The number of benzene rings is 2. The van der Waals surface area contributed by atoms with Gasteiger partial charge in [-0.25, -0.2) is 4.79 Å². The third-order valence-electron chi connectivity index (χ3n) is 5.63. The molecule has 0 bridgehead atoms. The Morgan fingerprint density at radius 2 is 1.58 bits per heavy atom. The molecule has 2 aromatic rings. The Labute approximate surface area is 181 Å². The maximum atomic E-state index is 12.4. The fraction of sp³-hybridized carbons (Fsp3) is 0.375. The molecule has 0 fully saturated rings. The topological polar surface area (TPSA) is 105 Å². The zero-order valence-corrected chi connectivity index (χ0v) is 17.8. The van der Waals surface area contributed by atoms with Crippen molar-refractivity contribution in [2.45, 2.75) is 51.1 Å². The maximum Gasteiger partial charge on any atom is 0.407 e. The number of carbonyl (C=O) groups is 3. The Kier molecular flexibility index (Phi) is 7.28. The summed E-state index contributed by atoms with van der Waals surface area (Å²) in [7, 11) is 0. The molecule has 2 amide bonds. The van der Waals surface area contributed by atoms with Gasteiger partial charge < -0.3 is 20.5 Å². The summed E-state index contributed by atoms with van der Waals surface area (Å²) in [6, 6.07) is 15.1. The fourth-order valence-electron chi connectivity index (χ4n) is 3.87. The Hall–Kier alpha value is -3.35. The molecule has 164 valence electrons. The molecular formula is C24H28N2O5. The first kappa shape index (κ1) is 22.3. The minimum atomic E-state index is -1.09. The Bertz CT molecular complexity index is 913. The van der Waals surface area contributed by atoms with Gasteiger partial charge in [-0.2, -0.15) is 0 Å². The summed E-state index contributed by atoms with van der Waals surface area (Å²) in [4.78, 5) is 35.1. The van der Waals surface area contributed by atoms with Crippen LogP contribution < -0.4 is 10.6 Å². The van der Waals surface area contributed by atoms with E-state index in [9.17, 15) is 14.4 Å². The van der Waals surface area contributed by atoms with E-state index in [-0.39, 0.29) is 30.9 Å². The van der Waals surface area contributed by atoms with Gasteiger partial charge in [0.2, 0.25) is 5.91 Å². The van der Waals surface area contributed by atoms with Crippen molar-refractivity contribution in [3.05, 3.63) is 59.7 Å². The van der Waals surface area contributed by atoms with Crippen LogP contribution in [0.4, 0.5) is 4.79 Å². The van der Waals surface area contributed by atoms with Crippen LogP contribution in [0.1, 0.15) is 50.2 Å². The molecule has 7 nitrogen and oxygen atoms in total. The van der Waals surface area contributed by atoms with Crippen molar-refractivity contribution in [3.8, 4) is 11.1 Å². The number of nitrogens with one attached hydrogen (secondary N) is 2. The molecule has 7 heteroatoms. The van der Waals surface area contributed by atoms with Crippen LogP contribution >= 0.6 is 0 Å². The summed E-state index contributed by atoms with van der Waals surface area (Å²) in [5.41, 5.74) is 4.63. The van der Waals surface area contributed by atoms with Crippen LogP contribution in [0.5, 0.6) is 0 Å². The molecule has 31 heavy (non-hydrogen) atoms. The molecule has 0 spiro atoms. The SMILES string of the molecule is CCC(CCC(=O)N[C@@H](C)C(=O)O)NC(=O)OCC1c2ccccc2-c2ccccc21. The number of ether oxygens (including phenoxy) is 1. The fourth-order valence-corrected chi connectivity index (χ4v) is 3.87. The van der Waals surface area contributed by atoms with E-state index in [1.807, 2.05) is 31.2 Å². The highest BCUT2D eigenvalue weighted by Gasteiger charge is 2.29. The van der Waals surface area contributed by atoms with Gasteiger partial charge in [0, 0.05) is 18.4 Å². The number of alkyl carbamates (subject to hydrolysis) is 1. The first-order valence-electron chi connectivity index (χ1n) is 10.5. The summed E-state index contributed by atoms with van der Waals surface area (Å²) in [5.74, 6) is -1.46. The summed E-state index contributed by atoms with van der Waals surface area (Å²) in [6.45, 7) is 3.55. The second kappa shape index (κ2) is 10.1. The number of carboxylic acid groups (broad SMARTS) is 1. The normalized spacial score (nSPS) is 14.1. The van der Waals surface area contributed by atoms with Crippen LogP contribution in [-0.2, 0) is 14.3 Å². The molecule has 0 heterocycles. The van der Waals surface area contributed by atoms with Crippen molar-refractivity contribution in [1.29, 1.82) is 0 Å². The van der Waals surface area contributed by atoms with E-state index < -0.39 is 18.1 Å². The zero-order valence-electron chi connectivity index (χ0n) is 17.8. The van der Waals surface area contributed by atoms with E-state index in [2.05, 4.69) is 34.9 Å². The van der Waals surface area contributed by atoms with Crippen molar-refractivity contribution in [1.82, 2.24) is 10.6 Å². The number of rotatable bonds is 9. The summed E-state index contributed by atoms with van der Waals surface area (Å²) in [6.07, 6.45) is 0.637. The Morgan fingerprint density at radius 3 is 2.13 bits per heavy atom. The molecule has 2 aromatic carbocycles. The lowest BCUT2D eigenvalue weighted by molar-refractivity contribution is -0.141. The molecule has 0 aromatic heterocycles. The molecule has 1 unspecified atom stereocenters. The average molecular weight is 424 g/mol. The van der Waals surface area contributed by atoms with Crippen LogP contribution in [0.3, 0.4) is 0 Å². The first-order valence-corrected chi connectivity index (χ1v) is 10.5. The number of aliphatic carboxylic acids is 1. The first-order chi connectivity index (χ1) is 14.9. The highest BCUT2D eigenvalue weighted by atomic mass is 16.5. The predicted molar refractivity (Wildman–Crippen MR) is 117 cm³/mol. The van der Waals surface area contributed by atoms with Gasteiger partial charge in [-0.15, -0.1) is 0 Å². The molecule has 3 rings (SSSR count). The van der Waals surface area contributed by atoms with E-state index in [1.165, 1.54) is 18.1 Å². The maximum absolute atomic E-state index is 12.4. The number of carbonyl (C=O) groups excluding carboxylic acids is 2. The van der Waals surface area contributed by atoms with Crippen molar-refractivity contribution in [3.63, 3.8) is 0 Å². The Balaban J connectivity index is 1.52. The zero-order chi connectivity index (χ0) is 22.4. The predicted octanol–water partition coefficient (Wildman–Crippen LogP) is 3.67. The van der Waals surface area contributed by atoms with E-state index in [0.29, 0.717) is 12.8 Å². The van der Waals surface area contributed by atoms with E-state index in [1.54, 1.807) is 0 Å². The van der Waals surface area contributed by atoms with Crippen molar-refractivity contribution in [2.75, 3.05) is 6.61 Å². The van der Waals surface area contributed by atoms with Crippen LogP contribution in [0.15, 0.2) is 48.5 Å². The smallest absolute Gasteiger partial charge is 0.407 e. The second-order valence-corrected chi connectivity index (χ2v) is 7.74. The standard InChI is InChI=1S/C24H28N2O5/c1-3-16(12-13-22(27)25-15(2)23(28)29)26-24(30)31-14-21-19-10-6-4-8-17(19)18-9-5-7-11-20(18)21/h4-11,15-16,21H,3,12-14H2,1-2H3,(H,25,27)(H,26,30)(H,28,29)/t15-,16?/m0/s1. The second-order valence-electron chi connectivity index (χ2n) is 7.74. The number of amides is 2. The van der Waals surface area contributed by atoms with Gasteiger partial charge in [0.1, 0.15) is 12.6 Å². The van der Waals surface area contributed by atoms with Crippen LogP contribution in [0.2, 0.25) is 0 Å². The van der Waals surface area contributed by atoms with Crippen LogP contribution in [-0.4, -0.2) is 41.8 Å². The quantitative estimate of drug-likeness (QED) is 0.570. The number of hydrogen-bond donors (Lipinski definition) is 3. The number of fused-ring (bicyclic) bond motifs is 3. The molecule has 0 saturated carbocycles. The van der Waals surface area contributed by atoms with Gasteiger partial charge in [0.05, 0.1) is 0 Å². The monoisotopic (exact) mass is 424 g/mol. The van der Waals surface area contributed by atoms with Gasteiger partial charge in [-0.05, 0) is 42.0 Å². The molecule has 0 saturated heterocycles. The Morgan fingerprint density at radius 1 is 1.00 bits per heavy atom. The molecular weight excluding hydrogens is 396 g/mol. The third-order valence-corrected chi connectivity index (χ3v) is 5.63. The van der Waals surface area contributed by atoms with Gasteiger partial charge in [0.15, 0.2) is 0 Å². The minimum Gasteiger partial charge on any atom is -0.480 e. The molecule has 0 radical (unpaired) electrons. The van der Waals surface area contributed by atoms with Gasteiger partial charge in [-0.1, -0.05) is 55.5 Å². The van der Waals surface area contributed by atoms with Gasteiger partial charge >= 0.3 is 12.1 Å². The number of hydrogen-bond acceptors (Lipinski definition) is 4. The molecule has 3 N–H and O–H groups in total. The molecule has 1 aliphatic rings. The van der Waals surface area contributed by atoms with Crippen molar-refractivity contribution in [2.24, 2.45) is 0 Å². The van der Waals surface area contributed by atoms with Crippen LogP contribution in [0, 0.1) is 0 Å². The largest absolute Gasteiger partial charge is 0.480 e. The lowest BCUT2D eigenvalue weighted by Gasteiger charge is -2.19. The van der Waals surface area contributed by atoms with Crippen molar-refractivity contribution >= 4 is 18.0 Å². The molecule has 2 atom stereocenters. The molecule has 0 aliphatic heterocycles. The lowest BCUT2D eigenvalue weighted by Crippen LogP contribution is -2.40. The van der Waals surface area contributed by atoms with Gasteiger partial charge in [-0.3, -0.25) is 9.59 Å². The highest BCUT2D eigenvalue weighted by molar-refractivity contribution is 5.83. The molecule has 1 aliphatic carbocycles. The minimum absolute atomic E-state index is 0.0125. The van der Waals surface area contributed by atoms with Crippen LogP contribution in [0.25, 0.3) is 11.1 Å². The number of carboxylic acids is 1. The summed E-state index contributed by atoms with van der Waals surface area (Å²) >= 11 is 0. The average Bonchev–Trinajstić information content (AvgIpc) is 3.08. The van der Waals surface area contributed by atoms with E-state index in [4.69, 9.17) is 9.84 Å². The summed E-state index contributed by atoms with van der Waals surface area (Å²) < 4.78 is 5.55. The third kappa shape index (κ3) is 5.42. The lowest BCUT2D eigenvalue weighted by atomic mass is 9.98. The summed E-state index contributed by atoms with van der Waals surface area (Å²) in [5, 5.41) is 14.1.